The highest BCUT2D eigenvalue weighted by atomic mass is 32.2. The molecule has 2 aliphatic rings. The van der Waals surface area contributed by atoms with E-state index in [4.69, 9.17) is 0 Å². The Balaban J connectivity index is 2.17. The average molecular weight is 453 g/mol. The van der Waals surface area contributed by atoms with Crippen LogP contribution >= 0.6 is 0 Å². The van der Waals surface area contributed by atoms with Gasteiger partial charge in [0.1, 0.15) is 5.76 Å². The van der Waals surface area contributed by atoms with E-state index >= 15 is 0 Å². The molecule has 1 fully saturated rings. The summed E-state index contributed by atoms with van der Waals surface area (Å²) in [5, 5.41) is 10.1. The smallest absolute Gasteiger partial charge is 0.393 e. The Kier molecular flexibility index (Phi) is 7.44. The summed E-state index contributed by atoms with van der Waals surface area (Å²) in [6.45, 7) is 10.1. The van der Waals surface area contributed by atoms with Crippen LogP contribution in [0, 0.1) is 22.7 Å². The third-order valence-electron chi connectivity index (χ3n) is 7.61. The van der Waals surface area contributed by atoms with Gasteiger partial charge in [-0.05, 0) is 68.3 Å². The van der Waals surface area contributed by atoms with Crippen molar-refractivity contribution < 1.29 is 30.9 Å². The Labute approximate surface area is 178 Å². The van der Waals surface area contributed by atoms with Gasteiger partial charge < -0.3 is 9.29 Å². The molecule has 0 radical (unpaired) electrons. The summed E-state index contributed by atoms with van der Waals surface area (Å²) in [5.74, 6) is 0.121. The van der Waals surface area contributed by atoms with Gasteiger partial charge in [0, 0.05) is 5.41 Å². The maximum absolute atomic E-state index is 12.8. The fourth-order valence-corrected chi connectivity index (χ4v) is 5.45. The Bertz CT molecular complexity index is 787. The van der Waals surface area contributed by atoms with E-state index in [1.165, 1.54) is 11.6 Å². The Morgan fingerprint density at radius 1 is 1.37 bits per heavy atom. The molecule has 4 nitrogen and oxygen atoms in total. The predicted molar refractivity (Wildman–Crippen MR) is 111 cm³/mol. The minimum absolute atomic E-state index is 0.0187. The standard InChI is InChI=1S/C22H35F3O4S/c1-6-7-17-14-18(26)11-13-20(17,4)16(3)10-12-21(5)15(2)8-9-19(21)29-30(27,28)22(23,24)25/h7,9,15-16,18,26H,6,8,10-14H2,1-5H3/b17-7-/t15-,16-,18+,20-,21+/m1/s1. The molecule has 1 saturated carbocycles. The molecule has 0 saturated heterocycles. The fraction of sp³-hybridized carbons (Fsp3) is 0.818. The van der Waals surface area contributed by atoms with Gasteiger partial charge in [-0.3, -0.25) is 0 Å². The van der Waals surface area contributed by atoms with Crippen LogP contribution in [0.1, 0.15) is 79.6 Å². The van der Waals surface area contributed by atoms with E-state index in [0.29, 0.717) is 19.3 Å². The molecule has 0 aromatic rings. The number of rotatable bonds is 7. The molecule has 0 amide bonds. The lowest BCUT2D eigenvalue weighted by atomic mass is 9.61. The van der Waals surface area contributed by atoms with Crippen LogP contribution in [0.3, 0.4) is 0 Å². The first-order valence-corrected chi connectivity index (χ1v) is 12.2. The first-order valence-electron chi connectivity index (χ1n) is 10.8. The van der Waals surface area contributed by atoms with Crippen LogP contribution in [0.15, 0.2) is 23.5 Å². The van der Waals surface area contributed by atoms with Crippen LogP contribution in [-0.4, -0.2) is 25.1 Å². The second kappa shape index (κ2) is 8.85. The summed E-state index contributed by atoms with van der Waals surface area (Å²) >= 11 is 0. The average Bonchev–Trinajstić information content (AvgIpc) is 2.90. The third kappa shape index (κ3) is 4.90. The number of aliphatic hydroxyl groups excluding tert-OH is 1. The zero-order valence-corrected chi connectivity index (χ0v) is 19.4. The third-order valence-corrected chi connectivity index (χ3v) is 8.58. The predicted octanol–water partition coefficient (Wildman–Crippen LogP) is 6.09. The van der Waals surface area contributed by atoms with E-state index in [-0.39, 0.29) is 29.1 Å². The quantitative estimate of drug-likeness (QED) is 0.289. The highest BCUT2D eigenvalue weighted by molar-refractivity contribution is 7.87. The number of hydrogen-bond acceptors (Lipinski definition) is 4. The molecule has 0 aromatic heterocycles. The molecule has 0 heterocycles. The van der Waals surface area contributed by atoms with Crippen molar-refractivity contribution in [3.63, 3.8) is 0 Å². The summed E-state index contributed by atoms with van der Waals surface area (Å²) in [6, 6.07) is 0. The minimum Gasteiger partial charge on any atom is -0.393 e. The van der Waals surface area contributed by atoms with Crippen molar-refractivity contribution in [3.8, 4) is 0 Å². The second-order valence-electron chi connectivity index (χ2n) is 9.50. The van der Waals surface area contributed by atoms with E-state index in [1.54, 1.807) is 6.92 Å². The summed E-state index contributed by atoms with van der Waals surface area (Å²) in [7, 11) is -5.67. The SMILES string of the molecule is CC/C=C1/C[C@@H](O)CC[C@]1(C)[C@H](C)CC[C@]1(C)C(OS(=O)(=O)C(F)(F)F)=CC[C@H]1C. The van der Waals surface area contributed by atoms with Crippen LogP contribution in [0.2, 0.25) is 0 Å². The Hall–Kier alpha value is -1.02. The van der Waals surface area contributed by atoms with Crippen molar-refractivity contribution in [2.75, 3.05) is 0 Å². The summed E-state index contributed by atoms with van der Waals surface area (Å²) in [5.41, 5.74) is -5.06. The maximum Gasteiger partial charge on any atom is 0.534 e. The van der Waals surface area contributed by atoms with Gasteiger partial charge in [-0.15, -0.1) is 0 Å². The van der Waals surface area contributed by atoms with Gasteiger partial charge in [0.25, 0.3) is 0 Å². The zero-order valence-electron chi connectivity index (χ0n) is 18.6. The van der Waals surface area contributed by atoms with Gasteiger partial charge >= 0.3 is 15.6 Å². The van der Waals surface area contributed by atoms with E-state index in [0.717, 1.165) is 25.7 Å². The van der Waals surface area contributed by atoms with Crippen LogP contribution in [0.5, 0.6) is 0 Å². The van der Waals surface area contributed by atoms with Crippen LogP contribution in [-0.2, 0) is 14.3 Å². The van der Waals surface area contributed by atoms with Gasteiger partial charge in [-0.2, -0.15) is 21.6 Å². The number of halogens is 3. The molecule has 5 atom stereocenters. The second-order valence-corrected chi connectivity index (χ2v) is 11.0. The van der Waals surface area contributed by atoms with Gasteiger partial charge in [0.15, 0.2) is 0 Å². The van der Waals surface area contributed by atoms with Crippen molar-refractivity contribution >= 4 is 10.1 Å². The highest BCUT2D eigenvalue weighted by Gasteiger charge is 2.52. The van der Waals surface area contributed by atoms with E-state index < -0.39 is 21.0 Å². The lowest BCUT2D eigenvalue weighted by molar-refractivity contribution is -0.0535. The fourth-order valence-electron chi connectivity index (χ4n) is 4.86. The summed E-state index contributed by atoms with van der Waals surface area (Å²) < 4.78 is 66.2. The van der Waals surface area contributed by atoms with Crippen LogP contribution < -0.4 is 0 Å². The maximum atomic E-state index is 12.8. The molecule has 0 bridgehead atoms. The van der Waals surface area contributed by atoms with Crippen LogP contribution in [0.25, 0.3) is 0 Å². The first kappa shape index (κ1) is 25.2. The molecule has 0 spiro atoms. The van der Waals surface area contributed by atoms with Crippen molar-refractivity contribution in [1.29, 1.82) is 0 Å². The van der Waals surface area contributed by atoms with E-state index in [2.05, 4.69) is 31.0 Å². The van der Waals surface area contributed by atoms with Crippen molar-refractivity contribution in [2.24, 2.45) is 22.7 Å². The van der Waals surface area contributed by atoms with Gasteiger partial charge in [-0.1, -0.05) is 46.3 Å². The number of hydrogen-bond donors (Lipinski definition) is 1. The molecule has 174 valence electrons. The van der Waals surface area contributed by atoms with E-state index in [9.17, 15) is 26.7 Å². The Morgan fingerprint density at radius 2 is 2.00 bits per heavy atom. The lowest BCUT2D eigenvalue weighted by Crippen LogP contribution is -2.36. The van der Waals surface area contributed by atoms with E-state index in [1.807, 2.05) is 6.92 Å². The van der Waals surface area contributed by atoms with Crippen LogP contribution in [0.4, 0.5) is 13.2 Å². The molecule has 2 aliphatic carbocycles. The molecule has 0 unspecified atom stereocenters. The summed E-state index contributed by atoms with van der Waals surface area (Å²) in [4.78, 5) is 0. The summed E-state index contributed by atoms with van der Waals surface area (Å²) in [6.07, 6.45) is 8.21. The van der Waals surface area contributed by atoms with Gasteiger partial charge in [-0.25, -0.2) is 0 Å². The Morgan fingerprint density at radius 3 is 2.57 bits per heavy atom. The molecule has 8 heteroatoms. The number of alkyl halides is 3. The van der Waals surface area contributed by atoms with Crippen molar-refractivity contribution in [1.82, 2.24) is 0 Å². The van der Waals surface area contributed by atoms with Gasteiger partial charge in [0.05, 0.1) is 6.10 Å². The zero-order chi connectivity index (χ0) is 23.0. The van der Waals surface area contributed by atoms with Crippen molar-refractivity contribution in [3.05, 3.63) is 23.5 Å². The first-order chi connectivity index (χ1) is 13.7. The van der Waals surface area contributed by atoms with Gasteiger partial charge in [0.2, 0.25) is 0 Å². The largest absolute Gasteiger partial charge is 0.534 e. The number of aliphatic hydroxyl groups is 1. The molecule has 1 N–H and O–H groups in total. The highest BCUT2D eigenvalue weighted by Crippen LogP contribution is 2.53. The topological polar surface area (TPSA) is 63.6 Å². The molecular formula is C22H35F3O4S. The lowest BCUT2D eigenvalue weighted by Gasteiger charge is -2.44. The van der Waals surface area contributed by atoms with Crippen molar-refractivity contribution in [2.45, 2.75) is 91.2 Å². The molecule has 30 heavy (non-hydrogen) atoms. The minimum atomic E-state index is -5.67. The molecular weight excluding hydrogens is 417 g/mol. The normalized spacial score (nSPS) is 35.4. The monoisotopic (exact) mass is 452 g/mol. The number of allylic oxidation sites excluding steroid dienone is 3. The molecule has 0 aliphatic heterocycles. The molecule has 0 aromatic carbocycles. The molecule has 2 rings (SSSR count).